The summed E-state index contributed by atoms with van der Waals surface area (Å²) in [6.07, 6.45) is 3.70. The standard InChI is InChI=1S/C23H27FN4O4S2/c1-4-17-12-19(29)21(23(30)28(17)13-14-5-7-15(24)8-6-14)22(25)26-18-10-9-16(11-20(18)33-2)27-34(3,31)32/h5-11,17,27,29H,4,12-13H2,1-3H3,(H2,25,26). The monoisotopic (exact) mass is 506 g/mol. The summed E-state index contributed by atoms with van der Waals surface area (Å²) < 4.78 is 38.7. The zero-order valence-electron chi connectivity index (χ0n) is 19.1. The van der Waals surface area contributed by atoms with Gasteiger partial charge in [0.1, 0.15) is 23.0 Å². The van der Waals surface area contributed by atoms with Crippen LogP contribution in [0, 0.1) is 5.82 Å². The molecule has 1 atom stereocenters. The van der Waals surface area contributed by atoms with Crippen molar-refractivity contribution in [1.29, 1.82) is 0 Å². The highest BCUT2D eigenvalue weighted by Crippen LogP contribution is 2.33. The zero-order chi connectivity index (χ0) is 25.0. The number of aliphatic hydroxyl groups is 1. The Hall–Kier alpha value is -3.05. The Morgan fingerprint density at radius 1 is 1.29 bits per heavy atom. The first-order valence-corrected chi connectivity index (χ1v) is 13.6. The van der Waals surface area contributed by atoms with E-state index in [1.54, 1.807) is 35.4 Å². The molecule has 0 aromatic heterocycles. The number of anilines is 1. The van der Waals surface area contributed by atoms with E-state index in [-0.39, 0.29) is 42.0 Å². The van der Waals surface area contributed by atoms with Crippen LogP contribution in [0.1, 0.15) is 25.3 Å². The largest absolute Gasteiger partial charge is 0.511 e. The van der Waals surface area contributed by atoms with Crippen molar-refractivity contribution in [2.24, 2.45) is 10.7 Å². The van der Waals surface area contributed by atoms with Gasteiger partial charge in [0.25, 0.3) is 5.91 Å². The highest BCUT2D eigenvalue weighted by Gasteiger charge is 2.35. The normalized spacial score (nSPS) is 17.3. The second kappa shape index (κ2) is 10.5. The molecule has 2 aromatic carbocycles. The molecule has 0 radical (unpaired) electrons. The van der Waals surface area contributed by atoms with E-state index in [2.05, 4.69) is 9.71 Å². The third-order valence-corrected chi connectivity index (χ3v) is 6.72. The van der Waals surface area contributed by atoms with E-state index < -0.39 is 15.9 Å². The topological polar surface area (TPSA) is 125 Å². The number of carbonyl (C=O) groups is 1. The van der Waals surface area contributed by atoms with Crippen molar-refractivity contribution >= 4 is 44.9 Å². The summed E-state index contributed by atoms with van der Waals surface area (Å²) in [5.41, 5.74) is 7.68. The average Bonchev–Trinajstić information content (AvgIpc) is 2.76. The van der Waals surface area contributed by atoms with Crippen LogP contribution in [-0.4, -0.2) is 48.7 Å². The zero-order valence-corrected chi connectivity index (χ0v) is 20.7. The van der Waals surface area contributed by atoms with Crippen molar-refractivity contribution in [3.63, 3.8) is 0 Å². The van der Waals surface area contributed by atoms with Crippen molar-refractivity contribution in [3.05, 3.63) is 65.2 Å². The van der Waals surface area contributed by atoms with E-state index in [1.807, 2.05) is 6.92 Å². The lowest BCUT2D eigenvalue weighted by Crippen LogP contribution is -2.46. The van der Waals surface area contributed by atoms with E-state index in [4.69, 9.17) is 5.73 Å². The summed E-state index contributed by atoms with van der Waals surface area (Å²) in [5.74, 6) is -1.09. The summed E-state index contributed by atoms with van der Waals surface area (Å²) in [6.45, 7) is 2.16. The summed E-state index contributed by atoms with van der Waals surface area (Å²) in [5, 5.41) is 10.6. The third-order valence-electron chi connectivity index (χ3n) is 5.35. The molecule has 1 aliphatic heterocycles. The van der Waals surface area contributed by atoms with Gasteiger partial charge in [-0.25, -0.2) is 17.8 Å². The van der Waals surface area contributed by atoms with Crippen LogP contribution in [0.4, 0.5) is 15.8 Å². The molecule has 1 aliphatic rings. The van der Waals surface area contributed by atoms with Crippen LogP contribution < -0.4 is 10.5 Å². The molecule has 11 heteroatoms. The molecule has 0 fully saturated rings. The molecule has 1 heterocycles. The summed E-state index contributed by atoms with van der Waals surface area (Å²) in [4.78, 5) is 20.0. The van der Waals surface area contributed by atoms with Crippen molar-refractivity contribution in [2.45, 2.75) is 37.2 Å². The molecule has 182 valence electrons. The summed E-state index contributed by atoms with van der Waals surface area (Å²) >= 11 is 1.33. The van der Waals surface area contributed by atoms with Crippen LogP contribution in [0.15, 0.2) is 63.7 Å². The SMILES string of the molecule is CCC1CC(O)=C(C(N)=Nc2ccc(NS(C)(=O)=O)cc2SC)C(=O)N1Cc1ccc(F)cc1. The van der Waals surface area contributed by atoms with Crippen LogP contribution in [0.25, 0.3) is 0 Å². The fourth-order valence-electron chi connectivity index (χ4n) is 3.71. The van der Waals surface area contributed by atoms with Gasteiger partial charge in [0.2, 0.25) is 10.0 Å². The predicted molar refractivity (Wildman–Crippen MR) is 133 cm³/mol. The minimum atomic E-state index is -3.44. The number of nitrogens with one attached hydrogen (secondary N) is 1. The Labute approximate surface area is 202 Å². The molecule has 1 unspecified atom stereocenters. The molecule has 0 spiro atoms. The molecule has 34 heavy (non-hydrogen) atoms. The third kappa shape index (κ3) is 6.09. The molecule has 3 rings (SSSR count). The lowest BCUT2D eigenvalue weighted by atomic mass is 9.96. The maximum absolute atomic E-state index is 13.4. The fourth-order valence-corrected chi connectivity index (χ4v) is 4.83. The molecular formula is C23H27FN4O4S2. The van der Waals surface area contributed by atoms with Gasteiger partial charge in [-0.05, 0) is 48.6 Å². The van der Waals surface area contributed by atoms with Gasteiger partial charge >= 0.3 is 0 Å². The molecule has 0 saturated carbocycles. The number of amidine groups is 1. The van der Waals surface area contributed by atoms with Crippen molar-refractivity contribution in [1.82, 2.24) is 4.90 Å². The Balaban J connectivity index is 1.94. The number of aliphatic imine (C=N–C) groups is 1. The van der Waals surface area contributed by atoms with Crippen molar-refractivity contribution in [2.75, 3.05) is 17.2 Å². The van der Waals surface area contributed by atoms with Crippen molar-refractivity contribution in [3.8, 4) is 0 Å². The van der Waals surface area contributed by atoms with E-state index in [1.165, 1.54) is 30.0 Å². The number of rotatable bonds is 8. The van der Waals surface area contributed by atoms with Gasteiger partial charge in [0.15, 0.2) is 0 Å². The number of carbonyl (C=O) groups excluding carboxylic acids is 1. The van der Waals surface area contributed by atoms with Gasteiger partial charge in [-0.3, -0.25) is 9.52 Å². The van der Waals surface area contributed by atoms with Crippen LogP contribution in [-0.2, 0) is 21.4 Å². The molecule has 0 aliphatic carbocycles. The molecule has 2 aromatic rings. The summed E-state index contributed by atoms with van der Waals surface area (Å²) in [7, 11) is -3.44. The van der Waals surface area contributed by atoms with Gasteiger partial charge < -0.3 is 15.7 Å². The first-order valence-electron chi connectivity index (χ1n) is 10.5. The molecule has 8 nitrogen and oxygen atoms in total. The van der Waals surface area contributed by atoms with Gasteiger partial charge in [-0.15, -0.1) is 11.8 Å². The lowest BCUT2D eigenvalue weighted by molar-refractivity contribution is -0.131. The second-order valence-electron chi connectivity index (χ2n) is 7.91. The van der Waals surface area contributed by atoms with E-state index >= 15 is 0 Å². The molecule has 0 saturated heterocycles. The highest BCUT2D eigenvalue weighted by atomic mass is 32.2. The number of hydrogen-bond acceptors (Lipinski definition) is 6. The first kappa shape index (κ1) is 25.6. The maximum Gasteiger partial charge on any atom is 0.261 e. The Morgan fingerprint density at radius 2 is 1.97 bits per heavy atom. The second-order valence-corrected chi connectivity index (χ2v) is 10.5. The molecular weight excluding hydrogens is 479 g/mol. The van der Waals surface area contributed by atoms with Crippen LogP contribution in [0.2, 0.25) is 0 Å². The Kier molecular flexibility index (Phi) is 7.88. The van der Waals surface area contributed by atoms with Gasteiger partial charge in [-0.1, -0.05) is 19.1 Å². The molecule has 0 bridgehead atoms. The van der Waals surface area contributed by atoms with E-state index in [0.717, 1.165) is 11.8 Å². The number of benzene rings is 2. The van der Waals surface area contributed by atoms with E-state index in [0.29, 0.717) is 22.7 Å². The first-order chi connectivity index (χ1) is 16.0. The average molecular weight is 507 g/mol. The number of halogens is 1. The number of amides is 1. The molecule has 4 N–H and O–H groups in total. The minimum absolute atomic E-state index is 0.0720. The Morgan fingerprint density at radius 3 is 2.56 bits per heavy atom. The number of aliphatic hydroxyl groups excluding tert-OH is 1. The summed E-state index contributed by atoms with van der Waals surface area (Å²) in [6, 6.07) is 10.4. The van der Waals surface area contributed by atoms with Gasteiger partial charge in [0.05, 0.1) is 11.9 Å². The number of hydrogen-bond donors (Lipinski definition) is 3. The lowest BCUT2D eigenvalue weighted by Gasteiger charge is -2.36. The smallest absolute Gasteiger partial charge is 0.261 e. The van der Waals surface area contributed by atoms with Crippen LogP contribution in [0.3, 0.4) is 0 Å². The Bertz CT molecular complexity index is 1240. The van der Waals surface area contributed by atoms with Gasteiger partial charge in [-0.2, -0.15) is 0 Å². The predicted octanol–water partition coefficient (Wildman–Crippen LogP) is 3.93. The highest BCUT2D eigenvalue weighted by molar-refractivity contribution is 7.98. The number of sulfonamides is 1. The van der Waals surface area contributed by atoms with Crippen LogP contribution in [0.5, 0.6) is 0 Å². The number of nitrogens with zero attached hydrogens (tertiary/aromatic N) is 2. The number of thioether (sulfide) groups is 1. The van der Waals surface area contributed by atoms with Crippen molar-refractivity contribution < 1.29 is 22.7 Å². The molecule has 1 amide bonds. The van der Waals surface area contributed by atoms with E-state index in [9.17, 15) is 22.7 Å². The van der Waals surface area contributed by atoms with Crippen LogP contribution >= 0.6 is 11.8 Å². The quantitative estimate of drug-likeness (QED) is 0.283. The van der Waals surface area contributed by atoms with Gasteiger partial charge in [0, 0.05) is 29.6 Å². The fraction of sp³-hybridized carbons (Fsp3) is 0.304. The number of nitrogens with two attached hydrogens (primary N) is 1. The maximum atomic E-state index is 13.4. The minimum Gasteiger partial charge on any atom is -0.511 e.